The van der Waals surface area contributed by atoms with E-state index >= 15 is 0 Å². The first-order valence-electron chi connectivity index (χ1n) is 6.34. The smallest absolute Gasteiger partial charge is 0.191 e. The number of thioether (sulfide) groups is 1. The van der Waals surface area contributed by atoms with E-state index in [0.717, 1.165) is 23.4 Å². The van der Waals surface area contributed by atoms with E-state index in [4.69, 9.17) is 5.73 Å². The summed E-state index contributed by atoms with van der Waals surface area (Å²) in [6.45, 7) is 5.12. The van der Waals surface area contributed by atoms with E-state index < -0.39 is 0 Å². The van der Waals surface area contributed by atoms with Crippen molar-refractivity contribution in [1.29, 1.82) is 0 Å². The van der Waals surface area contributed by atoms with Crippen LogP contribution >= 0.6 is 11.8 Å². The van der Waals surface area contributed by atoms with Crippen molar-refractivity contribution >= 4 is 11.8 Å². The number of hydrogen-bond donors (Lipinski definition) is 1. The molecule has 1 heterocycles. The largest absolute Gasteiger partial charge is 0.330 e. The molecule has 1 aromatic rings. The van der Waals surface area contributed by atoms with Crippen molar-refractivity contribution in [2.75, 3.05) is 6.54 Å². The van der Waals surface area contributed by atoms with Gasteiger partial charge in [-0.1, -0.05) is 25.1 Å². The van der Waals surface area contributed by atoms with Gasteiger partial charge in [0.05, 0.1) is 0 Å². The van der Waals surface area contributed by atoms with Gasteiger partial charge in [0.15, 0.2) is 5.16 Å². The molecule has 2 N–H and O–H groups in total. The topological polar surface area (TPSA) is 56.7 Å². The Morgan fingerprint density at radius 2 is 2.18 bits per heavy atom. The molecule has 0 amide bonds. The maximum atomic E-state index is 5.88. The molecule has 3 atom stereocenters. The van der Waals surface area contributed by atoms with E-state index in [0.29, 0.717) is 11.2 Å². The van der Waals surface area contributed by atoms with Gasteiger partial charge < -0.3 is 10.3 Å². The predicted octanol–water partition coefficient (Wildman–Crippen LogP) is 1.98. The molecule has 0 aliphatic heterocycles. The number of nitrogens with zero attached hydrogens (tertiary/aromatic N) is 3. The van der Waals surface area contributed by atoms with Crippen molar-refractivity contribution < 1.29 is 0 Å². The molecule has 0 radical (unpaired) electrons. The summed E-state index contributed by atoms with van der Waals surface area (Å²) in [5.41, 5.74) is 5.88. The Morgan fingerprint density at radius 1 is 1.41 bits per heavy atom. The Morgan fingerprint density at radius 3 is 2.76 bits per heavy atom. The highest BCUT2D eigenvalue weighted by atomic mass is 32.2. The van der Waals surface area contributed by atoms with Crippen LogP contribution in [0.3, 0.4) is 0 Å². The lowest BCUT2D eigenvalue weighted by atomic mass is 9.82. The van der Waals surface area contributed by atoms with E-state index in [2.05, 4.69) is 21.7 Å². The molecule has 0 aromatic carbocycles. The SMILES string of the molecule is Cc1nnc(SC2CC(C)CCC2CN)n1C. The number of hydrogen-bond acceptors (Lipinski definition) is 4. The number of rotatable bonds is 3. The van der Waals surface area contributed by atoms with Gasteiger partial charge >= 0.3 is 0 Å². The van der Waals surface area contributed by atoms with Gasteiger partial charge in [0.2, 0.25) is 0 Å². The van der Waals surface area contributed by atoms with Crippen molar-refractivity contribution in [2.24, 2.45) is 24.6 Å². The summed E-state index contributed by atoms with van der Waals surface area (Å²) in [6, 6.07) is 0. The first-order valence-corrected chi connectivity index (χ1v) is 7.22. The minimum atomic E-state index is 0.603. The molecule has 5 heteroatoms. The molecule has 0 bridgehead atoms. The van der Waals surface area contributed by atoms with Crippen LogP contribution in [0.2, 0.25) is 0 Å². The fraction of sp³-hybridized carbons (Fsp3) is 0.833. The summed E-state index contributed by atoms with van der Waals surface area (Å²) in [5, 5.41) is 9.98. The summed E-state index contributed by atoms with van der Waals surface area (Å²) in [7, 11) is 2.03. The highest BCUT2D eigenvalue weighted by Crippen LogP contribution is 2.38. The summed E-state index contributed by atoms with van der Waals surface area (Å²) >= 11 is 1.86. The molecule has 3 unspecified atom stereocenters. The van der Waals surface area contributed by atoms with Crippen molar-refractivity contribution in [3.63, 3.8) is 0 Å². The predicted molar refractivity (Wildman–Crippen MR) is 70.9 cm³/mol. The van der Waals surface area contributed by atoms with Crippen molar-refractivity contribution in [3.8, 4) is 0 Å². The summed E-state index contributed by atoms with van der Waals surface area (Å²) < 4.78 is 2.07. The lowest BCUT2D eigenvalue weighted by molar-refractivity contribution is 0.305. The summed E-state index contributed by atoms with van der Waals surface area (Å²) in [5.74, 6) is 2.42. The summed E-state index contributed by atoms with van der Waals surface area (Å²) in [4.78, 5) is 0. The number of aromatic nitrogens is 3. The first-order chi connectivity index (χ1) is 8.11. The zero-order valence-electron chi connectivity index (χ0n) is 10.9. The van der Waals surface area contributed by atoms with Gasteiger partial charge in [0.1, 0.15) is 5.82 Å². The van der Waals surface area contributed by atoms with Gasteiger partial charge in [-0.05, 0) is 38.1 Å². The fourth-order valence-electron chi connectivity index (χ4n) is 2.43. The average molecular weight is 254 g/mol. The van der Waals surface area contributed by atoms with Gasteiger partial charge in [0, 0.05) is 12.3 Å². The van der Waals surface area contributed by atoms with Crippen LogP contribution in [0, 0.1) is 18.8 Å². The minimum Gasteiger partial charge on any atom is -0.330 e. The standard InChI is InChI=1S/C12H22N4S/c1-8-4-5-10(7-13)11(6-8)17-12-15-14-9(2)16(12)3/h8,10-11H,4-7,13H2,1-3H3. The number of nitrogens with two attached hydrogens (primary N) is 1. The van der Waals surface area contributed by atoms with Crippen LogP contribution in [-0.2, 0) is 7.05 Å². The molecule has 2 rings (SSSR count). The van der Waals surface area contributed by atoms with Crippen LogP contribution in [0.4, 0.5) is 0 Å². The maximum Gasteiger partial charge on any atom is 0.191 e. The monoisotopic (exact) mass is 254 g/mol. The van der Waals surface area contributed by atoms with Crippen LogP contribution in [0.1, 0.15) is 32.0 Å². The molecule has 1 fully saturated rings. The second-order valence-corrected chi connectivity index (χ2v) is 6.37. The molecule has 0 saturated heterocycles. The zero-order chi connectivity index (χ0) is 12.4. The Kier molecular flexibility index (Phi) is 4.09. The quantitative estimate of drug-likeness (QED) is 0.896. The lowest BCUT2D eigenvalue weighted by Crippen LogP contribution is -2.31. The molecule has 17 heavy (non-hydrogen) atoms. The van der Waals surface area contributed by atoms with E-state index in [1.807, 2.05) is 25.7 Å². The van der Waals surface area contributed by atoms with Crippen LogP contribution in [-0.4, -0.2) is 26.6 Å². The van der Waals surface area contributed by atoms with Gasteiger partial charge in [-0.2, -0.15) is 0 Å². The normalized spacial score (nSPS) is 29.5. The molecule has 4 nitrogen and oxygen atoms in total. The first kappa shape index (κ1) is 12.9. The maximum absolute atomic E-state index is 5.88. The molecule has 1 saturated carbocycles. The van der Waals surface area contributed by atoms with E-state index in [9.17, 15) is 0 Å². The van der Waals surface area contributed by atoms with E-state index in [1.165, 1.54) is 19.3 Å². The lowest BCUT2D eigenvalue weighted by Gasteiger charge is -2.33. The van der Waals surface area contributed by atoms with Gasteiger partial charge in [-0.3, -0.25) is 0 Å². The molecular weight excluding hydrogens is 232 g/mol. The fourth-order valence-corrected chi connectivity index (χ4v) is 3.94. The number of aryl methyl sites for hydroxylation is 1. The summed E-state index contributed by atoms with van der Waals surface area (Å²) in [6.07, 6.45) is 3.82. The third kappa shape index (κ3) is 2.83. The third-order valence-electron chi connectivity index (χ3n) is 3.80. The van der Waals surface area contributed by atoms with E-state index in [-0.39, 0.29) is 0 Å². The Balaban J connectivity index is 2.07. The van der Waals surface area contributed by atoms with Crippen molar-refractivity contribution in [3.05, 3.63) is 5.82 Å². The second-order valence-electron chi connectivity index (χ2n) is 5.16. The second kappa shape index (κ2) is 5.40. The Bertz CT molecular complexity index is 377. The van der Waals surface area contributed by atoms with Gasteiger partial charge in [-0.15, -0.1) is 10.2 Å². The molecule has 1 aromatic heterocycles. The Labute approximate surface area is 107 Å². The molecular formula is C12H22N4S. The molecule has 1 aliphatic carbocycles. The van der Waals surface area contributed by atoms with E-state index in [1.54, 1.807) is 0 Å². The highest BCUT2D eigenvalue weighted by molar-refractivity contribution is 7.99. The molecule has 0 spiro atoms. The van der Waals surface area contributed by atoms with Crippen molar-refractivity contribution in [1.82, 2.24) is 14.8 Å². The van der Waals surface area contributed by atoms with Gasteiger partial charge in [0.25, 0.3) is 0 Å². The van der Waals surface area contributed by atoms with Crippen molar-refractivity contribution in [2.45, 2.75) is 43.5 Å². The highest BCUT2D eigenvalue weighted by Gasteiger charge is 2.29. The average Bonchev–Trinajstić information content (AvgIpc) is 2.61. The molecule has 96 valence electrons. The van der Waals surface area contributed by atoms with Gasteiger partial charge in [-0.25, -0.2) is 0 Å². The van der Waals surface area contributed by atoms with Crippen LogP contribution in [0.15, 0.2) is 5.16 Å². The zero-order valence-corrected chi connectivity index (χ0v) is 11.7. The van der Waals surface area contributed by atoms with Crippen LogP contribution in [0.5, 0.6) is 0 Å². The minimum absolute atomic E-state index is 0.603. The van der Waals surface area contributed by atoms with Crippen LogP contribution < -0.4 is 5.73 Å². The Hall–Kier alpha value is -0.550. The molecule has 1 aliphatic rings. The third-order valence-corrected chi connectivity index (χ3v) is 5.25. The van der Waals surface area contributed by atoms with Crippen LogP contribution in [0.25, 0.3) is 0 Å².